The van der Waals surface area contributed by atoms with Crippen LogP contribution in [0.1, 0.15) is 5.56 Å². The van der Waals surface area contributed by atoms with E-state index in [1.54, 1.807) is 0 Å². The summed E-state index contributed by atoms with van der Waals surface area (Å²) < 4.78 is 37.5. The third kappa shape index (κ3) is 4.58. The normalized spacial score (nSPS) is 13.0. The molecule has 0 heterocycles. The van der Waals surface area contributed by atoms with E-state index < -0.39 is 18.5 Å². The number of carbonyl (C=O) groups is 1. The zero-order valence-corrected chi connectivity index (χ0v) is 12.1. The number of hydrogen-bond acceptors (Lipinski definition) is 4. The van der Waals surface area contributed by atoms with Gasteiger partial charge < -0.3 is 15.1 Å². The zero-order chi connectivity index (χ0) is 17.0. The molecule has 0 bridgehead atoms. The Morgan fingerprint density at radius 1 is 1.36 bits per heavy atom. The van der Waals surface area contributed by atoms with Crippen LogP contribution in [0.15, 0.2) is 29.4 Å². The van der Waals surface area contributed by atoms with Crippen LogP contribution >= 0.6 is 11.6 Å². The molecule has 1 amide bonds. The number of amidine groups is 1. The predicted octanol–water partition coefficient (Wildman–Crippen LogP) is 0.923. The first-order valence-electron chi connectivity index (χ1n) is 5.84. The summed E-state index contributed by atoms with van der Waals surface area (Å²) in [6, 6.07) is 5.84. The first kappa shape index (κ1) is 18.2. The van der Waals surface area contributed by atoms with Crippen LogP contribution in [0.5, 0.6) is 0 Å². The van der Waals surface area contributed by atoms with Gasteiger partial charge in [-0.1, -0.05) is 11.6 Å². The van der Waals surface area contributed by atoms with Crippen molar-refractivity contribution in [2.45, 2.75) is 12.0 Å². The number of benzene rings is 1. The second-order valence-electron chi connectivity index (χ2n) is 4.36. The average molecular weight is 340 g/mol. The summed E-state index contributed by atoms with van der Waals surface area (Å²) in [5.74, 6) is -4.05. The molecule has 3 N–H and O–H groups in total. The van der Waals surface area contributed by atoms with Gasteiger partial charge in [0.2, 0.25) is 6.41 Å². The van der Waals surface area contributed by atoms with E-state index >= 15 is 0 Å². The number of nitrogens with one attached hydrogen (secondary N) is 1. The number of hydrazone groups is 1. The van der Waals surface area contributed by atoms with E-state index in [0.717, 1.165) is 11.9 Å². The molecule has 0 aliphatic heterocycles. The highest BCUT2D eigenvalue weighted by atomic mass is 35.5. The number of carbonyl (C=O) groups excluding carboxylic acids is 1. The fourth-order valence-corrected chi connectivity index (χ4v) is 1.68. The Kier molecular flexibility index (Phi) is 5.75. The maximum absolute atomic E-state index is 12.5. The molecule has 22 heavy (non-hydrogen) atoms. The molecule has 0 saturated carbocycles. The van der Waals surface area contributed by atoms with Crippen molar-refractivity contribution < 1.29 is 28.2 Å². The van der Waals surface area contributed by atoms with Crippen molar-refractivity contribution in [3.63, 3.8) is 0 Å². The minimum Gasteiger partial charge on any atom is -0.357 e. The fourth-order valence-electron chi connectivity index (χ4n) is 1.55. The van der Waals surface area contributed by atoms with Crippen molar-refractivity contribution >= 4 is 23.8 Å². The molecule has 0 aromatic heterocycles. The van der Waals surface area contributed by atoms with E-state index in [9.17, 15) is 18.0 Å². The second kappa shape index (κ2) is 6.95. The van der Waals surface area contributed by atoms with Gasteiger partial charge in [0.25, 0.3) is 5.79 Å². The molecule has 0 saturated heterocycles. The predicted molar refractivity (Wildman–Crippen MR) is 73.0 cm³/mol. The van der Waals surface area contributed by atoms with E-state index in [2.05, 4.69) is 5.10 Å². The molecular weight excluding hydrogens is 327 g/mol. The number of amides is 1. The Balaban J connectivity index is 3.07. The van der Waals surface area contributed by atoms with E-state index in [1.165, 1.54) is 24.3 Å². The molecule has 0 radical (unpaired) electrons. The van der Waals surface area contributed by atoms with Crippen LogP contribution < -0.4 is 5.43 Å². The summed E-state index contributed by atoms with van der Waals surface area (Å²) in [5.41, 5.74) is 2.27. The number of aliphatic hydroxyl groups is 2. The Bertz CT molecular complexity index is 547. The molecule has 0 unspecified atom stereocenters. The van der Waals surface area contributed by atoms with Gasteiger partial charge >= 0.3 is 6.18 Å². The minimum absolute atomic E-state index is 0.111. The Morgan fingerprint density at radius 3 is 2.36 bits per heavy atom. The zero-order valence-electron chi connectivity index (χ0n) is 11.3. The summed E-state index contributed by atoms with van der Waals surface area (Å²) in [4.78, 5) is 11.2. The number of alkyl halides is 3. The molecule has 0 aliphatic rings. The van der Waals surface area contributed by atoms with E-state index in [1.807, 2.05) is 5.43 Å². The molecule has 1 rings (SSSR count). The van der Waals surface area contributed by atoms with Crippen molar-refractivity contribution in [2.75, 3.05) is 13.6 Å². The summed E-state index contributed by atoms with van der Waals surface area (Å²) in [6.07, 6.45) is -5.02. The van der Waals surface area contributed by atoms with Crippen LogP contribution in [0.2, 0.25) is 5.02 Å². The molecule has 1 aromatic rings. The molecule has 0 atom stereocenters. The number of halogens is 4. The van der Waals surface area contributed by atoms with E-state index in [4.69, 9.17) is 21.8 Å². The minimum atomic E-state index is -5.25. The van der Waals surface area contributed by atoms with Gasteiger partial charge in [-0.15, -0.1) is 0 Å². The standard InChI is InChI=1S/C12H13ClF3N3O3/c1-19(6-11(21,22)12(14,15)16)10(18-17-7-20)8-2-4-9(13)5-3-8/h2-5,7,21-22H,6H2,1H3,(H,17,20)/b18-10-. The first-order chi connectivity index (χ1) is 10.1. The van der Waals surface area contributed by atoms with Gasteiger partial charge in [0.05, 0.1) is 6.54 Å². The fraction of sp³-hybridized carbons (Fsp3) is 0.333. The first-order valence-corrected chi connectivity index (χ1v) is 6.21. The Labute approximate surface area is 128 Å². The number of nitrogens with zero attached hydrogens (tertiary/aromatic N) is 2. The quantitative estimate of drug-likeness (QED) is 0.245. The molecule has 0 aliphatic carbocycles. The summed E-state index contributed by atoms with van der Waals surface area (Å²) in [5, 5.41) is 22.2. The monoisotopic (exact) mass is 339 g/mol. The summed E-state index contributed by atoms with van der Waals surface area (Å²) in [6.45, 7) is -1.21. The van der Waals surface area contributed by atoms with Crippen molar-refractivity contribution in [3.8, 4) is 0 Å². The summed E-state index contributed by atoms with van der Waals surface area (Å²) in [7, 11) is 1.16. The Morgan fingerprint density at radius 2 is 1.91 bits per heavy atom. The van der Waals surface area contributed by atoms with Gasteiger partial charge in [0, 0.05) is 17.6 Å². The van der Waals surface area contributed by atoms with Crippen LogP contribution in [0.4, 0.5) is 13.2 Å². The van der Waals surface area contributed by atoms with Crippen LogP contribution in [0.25, 0.3) is 0 Å². The van der Waals surface area contributed by atoms with Crippen LogP contribution in [-0.4, -0.2) is 52.9 Å². The van der Waals surface area contributed by atoms with Crippen molar-refractivity contribution in [2.24, 2.45) is 5.10 Å². The SMILES string of the molecule is CN(CC(O)(O)C(F)(F)F)/C(=N\NC=O)c1ccc(Cl)cc1. The molecule has 6 nitrogen and oxygen atoms in total. The average Bonchev–Trinajstić information content (AvgIpc) is 2.39. The molecule has 10 heteroatoms. The van der Waals surface area contributed by atoms with Crippen LogP contribution in [0, 0.1) is 0 Å². The number of hydrogen-bond donors (Lipinski definition) is 3. The lowest BCUT2D eigenvalue weighted by Crippen LogP contribution is -2.54. The van der Waals surface area contributed by atoms with Crippen molar-refractivity contribution in [3.05, 3.63) is 34.9 Å². The van der Waals surface area contributed by atoms with Gasteiger partial charge in [0.1, 0.15) is 0 Å². The lowest BCUT2D eigenvalue weighted by atomic mass is 10.1. The van der Waals surface area contributed by atoms with Gasteiger partial charge in [-0.25, -0.2) is 5.43 Å². The molecule has 1 aromatic carbocycles. The van der Waals surface area contributed by atoms with E-state index in [0.29, 0.717) is 10.6 Å². The van der Waals surface area contributed by atoms with E-state index in [-0.39, 0.29) is 12.2 Å². The third-order valence-electron chi connectivity index (χ3n) is 2.60. The molecular formula is C12H13ClF3N3O3. The largest absolute Gasteiger partial charge is 0.444 e. The molecule has 0 spiro atoms. The highest BCUT2D eigenvalue weighted by molar-refractivity contribution is 6.30. The van der Waals surface area contributed by atoms with Gasteiger partial charge in [-0.3, -0.25) is 4.79 Å². The van der Waals surface area contributed by atoms with Crippen molar-refractivity contribution in [1.82, 2.24) is 10.3 Å². The Hall–Kier alpha value is -1.84. The van der Waals surface area contributed by atoms with Gasteiger partial charge in [0.15, 0.2) is 5.84 Å². The molecule has 122 valence electrons. The lowest BCUT2D eigenvalue weighted by molar-refractivity contribution is -0.349. The van der Waals surface area contributed by atoms with Gasteiger partial charge in [-0.2, -0.15) is 18.3 Å². The highest BCUT2D eigenvalue weighted by Gasteiger charge is 2.53. The third-order valence-corrected chi connectivity index (χ3v) is 2.85. The van der Waals surface area contributed by atoms with Crippen molar-refractivity contribution in [1.29, 1.82) is 0 Å². The van der Waals surface area contributed by atoms with Crippen LogP contribution in [-0.2, 0) is 4.79 Å². The summed E-state index contributed by atoms with van der Waals surface area (Å²) >= 11 is 5.71. The highest BCUT2D eigenvalue weighted by Crippen LogP contribution is 2.29. The lowest BCUT2D eigenvalue weighted by Gasteiger charge is -2.30. The number of likely N-dealkylation sites (N-methyl/N-ethyl adjacent to an activating group) is 1. The van der Waals surface area contributed by atoms with Crippen LogP contribution in [0.3, 0.4) is 0 Å². The number of rotatable bonds is 5. The maximum atomic E-state index is 12.5. The molecule has 0 fully saturated rings. The van der Waals surface area contributed by atoms with Gasteiger partial charge in [-0.05, 0) is 24.3 Å². The second-order valence-corrected chi connectivity index (χ2v) is 4.80. The topological polar surface area (TPSA) is 85.2 Å². The maximum Gasteiger partial charge on any atom is 0.444 e. The smallest absolute Gasteiger partial charge is 0.357 e.